The number of carbonyl (C=O) groups excluding carboxylic acids is 2. The lowest BCUT2D eigenvalue weighted by Crippen LogP contribution is -2.51. The number of hydrogen-bond donors (Lipinski definition) is 2. The third kappa shape index (κ3) is 11.4. The molecule has 0 aromatic rings. The smallest absolute Gasteiger partial charge is 0.407 e. The van der Waals surface area contributed by atoms with E-state index < -0.39 is 0 Å². The molecule has 3 fully saturated rings. The average molecular weight is 703 g/mol. The van der Waals surface area contributed by atoms with E-state index in [9.17, 15) is 9.59 Å². The lowest BCUT2D eigenvalue weighted by atomic mass is 9.47. The van der Waals surface area contributed by atoms with Gasteiger partial charge in [-0.15, -0.1) is 0 Å². The van der Waals surface area contributed by atoms with E-state index in [0.29, 0.717) is 64.6 Å². The maximum atomic E-state index is 12.7. The molecule has 8 nitrogen and oxygen atoms in total. The summed E-state index contributed by atoms with van der Waals surface area (Å²) in [7, 11) is 0. The topological polar surface area (TPSA) is 95.1 Å². The van der Waals surface area contributed by atoms with E-state index in [1.807, 2.05) is 0 Å². The number of unbranched alkanes of at least 4 members (excludes halogenated alkanes) is 1. The van der Waals surface area contributed by atoms with Gasteiger partial charge in [-0.05, 0) is 104 Å². The molecule has 8 atom stereocenters. The number of rotatable bonds is 22. The van der Waals surface area contributed by atoms with Crippen molar-refractivity contribution in [3.63, 3.8) is 0 Å². The van der Waals surface area contributed by atoms with Crippen LogP contribution in [0.25, 0.3) is 0 Å². The summed E-state index contributed by atoms with van der Waals surface area (Å²) in [4.78, 5) is 24.2. The van der Waals surface area contributed by atoms with Crippen molar-refractivity contribution >= 4 is 12.0 Å². The summed E-state index contributed by atoms with van der Waals surface area (Å²) in [5, 5.41) is 5.79. The molecule has 0 spiro atoms. The van der Waals surface area contributed by atoms with Crippen molar-refractivity contribution in [2.75, 3.05) is 52.7 Å². The monoisotopic (exact) mass is 703 g/mol. The van der Waals surface area contributed by atoms with E-state index in [0.717, 1.165) is 74.0 Å². The van der Waals surface area contributed by atoms with E-state index in [2.05, 4.69) is 58.3 Å². The SMILES string of the molecule is CCCCC(=O)NCCOCCOCCOCCCNC(=O)OC1CC[C@@]2(C)C(=CC[C@H]3[C@@H]4CC[C@H]([C@H](C)CCCC(C)C)[C@@]4(C)CC[C@@H]32)C1. The van der Waals surface area contributed by atoms with E-state index in [1.54, 1.807) is 5.57 Å². The molecule has 4 aliphatic rings. The van der Waals surface area contributed by atoms with Crippen LogP contribution in [0, 0.1) is 46.3 Å². The molecule has 3 saturated carbocycles. The van der Waals surface area contributed by atoms with Crippen LogP contribution in [0.3, 0.4) is 0 Å². The van der Waals surface area contributed by atoms with E-state index in [4.69, 9.17) is 18.9 Å². The van der Waals surface area contributed by atoms with Gasteiger partial charge in [-0.25, -0.2) is 4.79 Å². The van der Waals surface area contributed by atoms with Crippen LogP contribution in [-0.2, 0) is 23.7 Å². The molecule has 288 valence electrons. The highest BCUT2D eigenvalue weighted by Crippen LogP contribution is 2.67. The normalized spacial score (nSPS) is 30.9. The molecule has 0 aromatic carbocycles. The summed E-state index contributed by atoms with van der Waals surface area (Å²) in [6.07, 6.45) is 19.5. The molecule has 0 aromatic heterocycles. The van der Waals surface area contributed by atoms with Crippen molar-refractivity contribution in [2.45, 2.75) is 144 Å². The van der Waals surface area contributed by atoms with Crippen LogP contribution in [0.15, 0.2) is 11.6 Å². The van der Waals surface area contributed by atoms with Gasteiger partial charge in [0.1, 0.15) is 6.10 Å². The standard InChI is InChI=1S/C42H74N2O6/c1-7-8-13-39(45)43-23-25-48-27-29-49-28-26-47-24-10-22-44-40(46)50-34-18-20-41(5)33(30-34)14-15-35-37-17-16-36(32(4)12-9-11-31(2)3)42(37,6)21-19-38(35)41/h14,31-32,34-38H,7-13,15-30H2,1-6H3,(H,43,45)(H,44,46)/t32-,34?,35+,36-,37+,38+,41+,42-/m1/s1. The van der Waals surface area contributed by atoms with Gasteiger partial charge in [-0.3, -0.25) is 4.79 Å². The van der Waals surface area contributed by atoms with E-state index in [-0.39, 0.29) is 23.5 Å². The molecule has 0 heterocycles. The summed E-state index contributed by atoms with van der Waals surface area (Å²) >= 11 is 0. The Kier molecular flexibility index (Phi) is 16.9. The van der Waals surface area contributed by atoms with Crippen molar-refractivity contribution in [2.24, 2.45) is 46.3 Å². The van der Waals surface area contributed by atoms with Crippen molar-refractivity contribution in [1.29, 1.82) is 0 Å². The first-order chi connectivity index (χ1) is 24.1. The van der Waals surface area contributed by atoms with Crippen LogP contribution in [0.4, 0.5) is 4.79 Å². The first-order valence-electron chi connectivity index (χ1n) is 20.7. The number of allylic oxidation sites excluding steroid dienone is 1. The summed E-state index contributed by atoms with van der Waals surface area (Å²) in [6, 6.07) is 0. The zero-order chi connectivity index (χ0) is 36.0. The lowest BCUT2D eigenvalue weighted by Gasteiger charge is -2.58. The highest BCUT2D eigenvalue weighted by atomic mass is 16.6. The molecule has 8 heteroatoms. The molecular weight excluding hydrogens is 628 g/mol. The molecule has 4 aliphatic carbocycles. The minimum absolute atomic E-state index is 0.0239. The Morgan fingerprint density at radius 2 is 1.56 bits per heavy atom. The van der Waals surface area contributed by atoms with E-state index >= 15 is 0 Å². The summed E-state index contributed by atoms with van der Waals surface area (Å²) in [5.41, 5.74) is 2.35. The number of hydrogen-bond acceptors (Lipinski definition) is 6. The fourth-order valence-corrected chi connectivity index (χ4v) is 10.5. The number of nitrogens with one attached hydrogen (secondary N) is 2. The average Bonchev–Trinajstić information content (AvgIpc) is 3.44. The number of fused-ring (bicyclic) bond motifs is 5. The van der Waals surface area contributed by atoms with Crippen LogP contribution in [0.5, 0.6) is 0 Å². The molecule has 0 bridgehead atoms. The fourth-order valence-electron chi connectivity index (χ4n) is 10.5. The van der Waals surface area contributed by atoms with Gasteiger partial charge in [0.15, 0.2) is 0 Å². The maximum Gasteiger partial charge on any atom is 0.407 e. The Bertz CT molecular complexity index is 1060. The number of alkyl carbamates (subject to hydrolysis) is 1. The van der Waals surface area contributed by atoms with Crippen molar-refractivity contribution in [3.8, 4) is 0 Å². The number of ether oxygens (including phenoxy) is 4. The Balaban J connectivity index is 1.06. The molecular formula is C42H74N2O6. The third-order valence-corrected chi connectivity index (χ3v) is 13.3. The molecule has 0 aliphatic heterocycles. The quantitative estimate of drug-likeness (QED) is 0.0865. The Morgan fingerprint density at radius 3 is 2.30 bits per heavy atom. The zero-order valence-corrected chi connectivity index (χ0v) is 32.8. The highest BCUT2D eigenvalue weighted by Gasteiger charge is 2.59. The third-order valence-electron chi connectivity index (χ3n) is 13.3. The minimum atomic E-state index is -0.301. The van der Waals surface area contributed by atoms with Crippen molar-refractivity contribution in [3.05, 3.63) is 11.6 Å². The second-order valence-corrected chi connectivity index (χ2v) is 17.1. The van der Waals surface area contributed by atoms with Crippen LogP contribution in [-0.4, -0.2) is 70.8 Å². The Hall–Kier alpha value is -1.64. The highest BCUT2D eigenvalue weighted by molar-refractivity contribution is 5.75. The Labute approximate surface area is 305 Å². The number of carbonyl (C=O) groups is 2. The lowest BCUT2D eigenvalue weighted by molar-refractivity contribution is -0.121. The van der Waals surface area contributed by atoms with Gasteiger partial charge in [-0.1, -0.05) is 78.9 Å². The van der Waals surface area contributed by atoms with Gasteiger partial charge in [0, 0.05) is 32.5 Å². The first kappa shape index (κ1) is 41.1. The zero-order valence-electron chi connectivity index (χ0n) is 32.8. The summed E-state index contributed by atoms with van der Waals surface area (Å²) in [6.45, 7) is 18.7. The van der Waals surface area contributed by atoms with Gasteiger partial charge in [0.05, 0.1) is 33.0 Å². The minimum Gasteiger partial charge on any atom is -0.446 e. The van der Waals surface area contributed by atoms with Gasteiger partial charge in [0.2, 0.25) is 5.91 Å². The maximum absolute atomic E-state index is 12.7. The molecule has 4 rings (SSSR count). The molecule has 0 radical (unpaired) electrons. The van der Waals surface area contributed by atoms with Crippen LogP contribution in [0.2, 0.25) is 0 Å². The first-order valence-corrected chi connectivity index (χ1v) is 20.7. The van der Waals surface area contributed by atoms with Crippen LogP contribution < -0.4 is 10.6 Å². The summed E-state index contributed by atoms with van der Waals surface area (Å²) in [5.74, 6) is 5.13. The molecule has 2 amide bonds. The summed E-state index contributed by atoms with van der Waals surface area (Å²) < 4.78 is 22.6. The second-order valence-electron chi connectivity index (χ2n) is 17.1. The molecule has 0 saturated heterocycles. The molecule has 1 unspecified atom stereocenters. The fraction of sp³-hybridized carbons (Fsp3) is 0.905. The predicted molar refractivity (Wildman–Crippen MR) is 201 cm³/mol. The van der Waals surface area contributed by atoms with Gasteiger partial charge in [0.25, 0.3) is 0 Å². The largest absolute Gasteiger partial charge is 0.446 e. The van der Waals surface area contributed by atoms with Crippen molar-refractivity contribution < 1.29 is 28.5 Å². The van der Waals surface area contributed by atoms with E-state index in [1.165, 1.54) is 51.4 Å². The number of amides is 2. The molecule has 50 heavy (non-hydrogen) atoms. The van der Waals surface area contributed by atoms with Crippen molar-refractivity contribution in [1.82, 2.24) is 10.6 Å². The van der Waals surface area contributed by atoms with Crippen LogP contribution >= 0.6 is 0 Å². The van der Waals surface area contributed by atoms with Gasteiger partial charge in [-0.2, -0.15) is 0 Å². The van der Waals surface area contributed by atoms with Crippen LogP contribution in [0.1, 0.15) is 138 Å². The van der Waals surface area contributed by atoms with Gasteiger partial charge >= 0.3 is 6.09 Å². The predicted octanol–water partition coefficient (Wildman–Crippen LogP) is 8.87. The van der Waals surface area contributed by atoms with Gasteiger partial charge < -0.3 is 29.6 Å². The molecule has 2 N–H and O–H groups in total. The second kappa shape index (κ2) is 20.6. The Morgan fingerprint density at radius 1 is 0.820 bits per heavy atom.